The molecule has 0 radical (unpaired) electrons. The summed E-state index contributed by atoms with van der Waals surface area (Å²) in [6, 6.07) is 6.41. The summed E-state index contributed by atoms with van der Waals surface area (Å²) in [5, 5.41) is 17.2. The molecule has 0 bridgehead atoms. The molecule has 0 spiro atoms. The van der Waals surface area contributed by atoms with Crippen LogP contribution in [0.15, 0.2) is 44.6 Å². The van der Waals surface area contributed by atoms with Gasteiger partial charge in [-0.3, -0.25) is 0 Å². The molecular formula is C18H17N3O5S2. The van der Waals surface area contributed by atoms with Crippen LogP contribution in [0, 0.1) is 24.2 Å². The van der Waals surface area contributed by atoms with Crippen molar-refractivity contribution in [3.63, 3.8) is 0 Å². The van der Waals surface area contributed by atoms with Gasteiger partial charge in [-0.1, -0.05) is 6.08 Å². The zero-order chi connectivity index (χ0) is 20.7. The highest BCUT2D eigenvalue weighted by molar-refractivity contribution is 7.95. The Bertz CT molecular complexity index is 1260. The molecular weight excluding hydrogens is 402 g/mol. The number of nitriles is 1. The molecule has 1 heterocycles. The Hall–Kier alpha value is -2.77. The van der Waals surface area contributed by atoms with Crippen molar-refractivity contribution >= 4 is 25.2 Å². The number of benzene rings is 1. The van der Waals surface area contributed by atoms with E-state index in [0.717, 1.165) is 12.5 Å². The first-order valence-electron chi connectivity index (χ1n) is 8.17. The van der Waals surface area contributed by atoms with Gasteiger partial charge in [-0.2, -0.15) is 5.26 Å². The van der Waals surface area contributed by atoms with Crippen LogP contribution < -0.4 is 0 Å². The van der Waals surface area contributed by atoms with Crippen LogP contribution in [0.4, 0.5) is 0 Å². The van der Waals surface area contributed by atoms with Gasteiger partial charge in [0.2, 0.25) is 11.8 Å². The van der Waals surface area contributed by atoms with Crippen LogP contribution in [0.5, 0.6) is 0 Å². The van der Waals surface area contributed by atoms with E-state index in [9.17, 15) is 22.1 Å². The lowest BCUT2D eigenvalue weighted by Crippen LogP contribution is -2.13. The monoisotopic (exact) mass is 419 g/mol. The second-order valence-electron chi connectivity index (χ2n) is 6.51. The number of sulfone groups is 2. The minimum atomic E-state index is -3.65. The van der Waals surface area contributed by atoms with Crippen LogP contribution in [0.2, 0.25) is 0 Å². The smallest absolute Gasteiger partial charge is 0.247 e. The largest absolute Gasteiger partial charge is 0.421 e. The standard InChI is InChI=1S/C18H17N3O5S2/c1-11-20-21-18(26-11)14-7-13(8-15(9-14)27(2,22)23)17-12(10-19)5-4-6-16(17)28(3,24)25/h4,6-9,12H,5H2,1-3H3. The van der Waals surface area contributed by atoms with Crippen molar-refractivity contribution in [1.29, 1.82) is 5.26 Å². The van der Waals surface area contributed by atoms with E-state index in [4.69, 9.17) is 4.42 Å². The second-order valence-corrected chi connectivity index (χ2v) is 10.5. The lowest BCUT2D eigenvalue weighted by Gasteiger charge is -2.21. The summed E-state index contributed by atoms with van der Waals surface area (Å²) in [6.07, 6.45) is 5.49. The molecule has 1 aromatic carbocycles. The molecule has 0 amide bonds. The topological polar surface area (TPSA) is 131 Å². The summed E-state index contributed by atoms with van der Waals surface area (Å²) in [7, 11) is -7.27. The van der Waals surface area contributed by atoms with Gasteiger partial charge in [0, 0.05) is 25.0 Å². The minimum absolute atomic E-state index is 0.0105. The van der Waals surface area contributed by atoms with E-state index in [1.807, 2.05) is 0 Å². The van der Waals surface area contributed by atoms with Gasteiger partial charge in [0.05, 0.1) is 21.8 Å². The third kappa shape index (κ3) is 3.90. The Morgan fingerprint density at radius 1 is 1.07 bits per heavy atom. The molecule has 0 saturated carbocycles. The quantitative estimate of drug-likeness (QED) is 0.737. The van der Waals surface area contributed by atoms with Crippen LogP contribution in [-0.4, -0.2) is 39.5 Å². The van der Waals surface area contributed by atoms with Gasteiger partial charge in [-0.05, 0) is 41.8 Å². The summed E-state index contributed by atoms with van der Waals surface area (Å²) >= 11 is 0. The third-order valence-corrected chi connectivity index (χ3v) is 6.48. The Labute approximate surface area is 163 Å². The van der Waals surface area contributed by atoms with E-state index in [-0.39, 0.29) is 21.3 Å². The molecule has 1 aromatic heterocycles. The number of aryl methyl sites for hydroxylation is 1. The average Bonchev–Trinajstić information content (AvgIpc) is 3.05. The third-order valence-electron chi connectivity index (χ3n) is 4.23. The predicted molar refractivity (Wildman–Crippen MR) is 102 cm³/mol. The molecule has 0 N–H and O–H groups in total. The molecule has 0 saturated heterocycles. The zero-order valence-electron chi connectivity index (χ0n) is 15.4. The van der Waals surface area contributed by atoms with Crippen LogP contribution in [0.3, 0.4) is 0 Å². The Balaban J connectivity index is 2.38. The van der Waals surface area contributed by atoms with Crippen molar-refractivity contribution in [2.24, 2.45) is 5.92 Å². The highest BCUT2D eigenvalue weighted by Gasteiger charge is 2.28. The van der Waals surface area contributed by atoms with Crippen LogP contribution >= 0.6 is 0 Å². The number of hydrogen-bond acceptors (Lipinski definition) is 8. The van der Waals surface area contributed by atoms with Gasteiger partial charge in [-0.15, -0.1) is 10.2 Å². The summed E-state index contributed by atoms with van der Waals surface area (Å²) in [5.74, 6) is -0.333. The first-order valence-corrected chi connectivity index (χ1v) is 12.0. The maximum atomic E-state index is 12.3. The number of aromatic nitrogens is 2. The van der Waals surface area contributed by atoms with Gasteiger partial charge >= 0.3 is 0 Å². The van der Waals surface area contributed by atoms with E-state index in [1.54, 1.807) is 19.1 Å². The molecule has 2 aromatic rings. The van der Waals surface area contributed by atoms with Gasteiger partial charge < -0.3 is 4.42 Å². The first-order chi connectivity index (χ1) is 13.0. The molecule has 8 nitrogen and oxygen atoms in total. The number of hydrogen-bond donors (Lipinski definition) is 0. The fourth-order valence-electron chi connectivity index (χ4n) is 2.98. The highest BCUT2D eigenvalue weighted by atomic mass is 32.2. The number of allylic oxidation sites excluding steroid dienone is 3. The van der Waals surface area contributed by atoms with Crippen molar-refractivity contribution in [2.45, 2.75) is 18.2 Å². The van der Waals surface area contributed by atoms with Crippen molar-refractivity contribution in [2.75, 3.05) is 12.5 Å². The molecule has 0 fully saturated rings. The average molecular weight is 419 g/mol. The van der Waals surface area contributed by atoms with Crippen molar-refractivity contribution in [1.82, 2.24) is 10.2 Å². The van der Waals surface area contributed by atoms with E-state index in [2.05, 4.69) is 16.3 Å². The first kappa shape index (κ1) is 20.0. The molecule has 146 valence electrons. The fourth-order valence-corrected chi connectivity index (χ4v) is 4.66. The predicted octanol–water partition coefficient (Wildman–Crippen LogP) is 2.30. The van der Waals surface area contributed by atoms with Gasteiger partial charge in [-0.25, -0.2) is 16.8 Å². The number of nitrogens with zero attached hydrogens (tertiary/aromatic N) is 3. The van der Waals surface area contributed by atoms with Crippen molar-refractivity contribution < 1.29 is 21.3 Å². The van der Waals surface area contributed by atoms with Crippen LogP contribution in [-0.2, 0) is 19.7 Å². The summed E-state index contributed by atoms with van der Waals surface area (Å²) in [6.45, 7) is 1.60. The molecule has 1 atom stereocenters. The van der Waals surface area contributed by atoms with E-state index in [0.29, 0.717) is 23.4 Å². The molecule has 10 heteroatoms. The fraction of sp³-hybridized carbons (Fsp3) is 0.278. The molecule has 1 aliphatic carbocycles. The van der Waals surface area contributed by atoms with Gasteiger partial charge in [0.25, 0.3) is 0 Å². The second kappa shape index (κ2) is 7.00. The molecule has 3 rings (SSSR count). The minimum Gasteiger partial charge on any atom is -0.421 e. The number of rotatable bonds is 4. The van der Waals surface area contributed by atoms with E-state index < -0.39 is 25.6 Å². The zero-order valence-corrected chi connectivity index (χ0v) is 17.0. The molecule has 0 aliphatic heterocycles. The molecule has 1 aliphatic rings. The molecule has 28 heavy (non-hydrogen) atoms. The van der Waals surface area contributed by atoms with Gasteiger partial charge in [0.1, 0.15) is 0 Å². The normalized spacial score (nSPS) is 17.6. The van der Waals surface area contributed by atoms with Crippen molar-refractivity contribution in [3.05, 3.63) is 46.7 Å². The Morgan fingerprint density at radius 3 is 2.29 bits per heavy atom. The Kier molecular flexibility index (Phi) is 4.99. The van der Waals surface area contributed by atoms with E-state index in [1.165, 1.54) is 18.2 Å². The van der Waals surface area contributed by atoms with Gasteiger partial charge in [0.15, 0.2) is 19.7 Å². The summed E-state index contributed by atoms with van der Waals surface area (Å²) in [5.41, 5.74) is 0.894. The van der Waals surface area contributed by atoms with Crippen LogP contribution in [0.1, 0.15) is 17.9 Å². The lowest BCUT2D eigenvalue weighted by atomic mass is 9.87. The summed E-state index contributed by atoms with van der Waals surface area (Å²) in [4.78, 5) is -0.0499. The highest BCUT2D eigenvalue weighted by Crippen LogP contribution is 2.38. The Morgan fingerprint density at radius 2 is 1.75 bits per heavy atom. The van der Waals surface area contributed by atoms with Crippen molar-refractivity contribution in [3.8, 4) is 17.5 Å². The summed E-state index contributed by atoms with van der Waals surface area (Å²) < 4.78 is 54.4. The maximum Gasteiger partial charge on any atom is 0.247 e. The van der Waals surface area contributed by atoms with Crippen LogP contribution in [0.25, 0.3) is 17.0 Å². The maximum absolute atomic E-state index is 12.3. The molecule has 1 unspecified atom stereocenters. The van der Waals surface area contributed by atoms with E-state index >= 15 is 0 Å². The lowest BCUT2D eigenvalue weighted by molar-refractivity contribution is 0.532. The SMILES string of the molecule is Cc1nnc(-c2cc(C3=C(S(C)(=O)=O)C=CCC3C#N)cc(S(C)(=O)=O)c2)o1.